The van der Waals surface area contributed by atoms with Crippen molar-refractivity contribution in [2.45, 2.75) is 46.7 Å². The first kappa shape index (κ1) is 16.3. The van der Waals surface area contributed by atoms with Gasteiger partial charge in [-0.3, -0.25) is 0 Å². The molecule has 19 heavy (non-hydrogen) atoms. The molecule has 1 N–H and O–H groups in total. The summed E-state index contributed by atoms with van der Waals surface area (Å²) in [5, 5.41) is 4.28. The van der Waals surface area contributed by atoms with Crippen LogP contribution in [0.4, 0.5) is 5.69 Å². The van der Waals surface area contributed by atoms with Crippen molar-refractivity contribution < 1.29 is 0 Å². The van der Waals surface area contributed by atoms with Crippen molar-refractivity contribution in [1.82, 2.24) is 5.32 Å². The van der Waals surface area contributed by atoms with Crippen LogP contribution in [-0.4, -0.2) is 19.6 Å². The van der Waals surface area contributed by atoms with E-state index in [-0.39, 0.29) is 0 Å². The predicted molar refractivity (Wildman–Crippen MR) is 86.2 cm³/mol. The van der Waals surface area contributed by atoms with Crippen LogP contribution < -0.4 is 10.2 Å². The van der Waals surface area contributed by atoms with Crippen LogP contribution in [0.3, 0.4) is 0 Å². The average Bonchev–Trinajstić information content (AvgIpc) is 2.38. The second-order valence-corrected chi connectivity index (χ2v) is 6.08. The summed E-state index contributed by atoms with van der Waals surface area (Å²) in [4.78, 5) is 2.28. The molecule has 1 aromatic carbocycles. The van der Waals surface area contributed by atoms with E-state index in [4.69, 9.17) is 11.6 Å². The van der Waals surface area contributed by atoms with Gasteiger partial charge < -0.3 is 10.2 Å². The van der Waals surface area contributed by atoms with E-state index in [1.807, 2.05) is 0 Å². The Kier molecular flexibility index (Phi) is 6.67. The van der Waals surface area contributed by atoms with E-state index in [2.05, 4.69) is 63.2 Å². The SMILES string of the molecule is CCC(C)N(C)c1ccc(CNCC(C)C)c(Cl)c1. The highest BCUT2D eigenvalue weighted by Crippen LogP contribution is 2.24. The molecular formula is C16H27ClN2. The summed E-state index contributed by atoms with van der Waals surface area (Å²) in [6.45, 7) is 10.7. The van der Waals surface area contributed by atoms with Crippen LogP contribution in [0.15, 0.2) is 18.2 Å². The fourth-order valence-electron chi connectivity index (χ4n) is 1.92. The zero-order valence-electron chi connectivity index (χ0n) is 12.8. The van der Waals surface area contributed by atoms with Crippen molar-refractivity contribution in [3.8, 4) is 0 Å². The second kappa shape index (κ2) is 7.76. The van der Waals surface area contributed by atoms with Crippen LogP contribution in [0, 0.1) is 5.92 Å². The Morgan fingerprint density at radius 1 is 1.26 bits per heavy atom. The van der Waals surface area contributed by atoms with Crippen LogP contribution in [0.5, 0.6) is 0 Å². The van der Waals surface area contributed by atoms with Gasteiger partial charge in [-0.15, -0.1) is 0 Å². The van der Waals surface area contributed by atoms with E-state index in [0.29, 0.717) is 12.0 Å². The molecular weight excluding hydrogens is 256 g/mol. The predicted octanol–water partition coefficient (Wildman–Crippen LogP) is 4.32. The first-order chi connectivity index (χ1) is 8.95. The summed E-state index contributed by atoms with van der Waals surface area (Å²) in [7, 11) is 2.12. The van der Waals surface area contributed by atoms with Gasteiger partial charge in [0.25, 0.3) is 0 Å². The van der Waals surface area contributed by atoms with E-state index in [1.54, 1.807) is 0 Å². The maximum absolute atomic E-state index is 6.37. The van der Waals surface area contributed by atoms with Crippen LogP contribution in [0.1, 0.15) is 39.7 Å². The molecule has 1 aromatic rings. The highest BCUT2D eigenvalue weighted by Gasteiger charge is 2.10. The third-order valence-electron chi connectivity index (χ3n) is 3.56. The van der Waals surface area contributed by atoms with Gasteiger partial charge in [-0.05, 0) is 43.5 Å². The molecule has 0 saturated carbocycles. The molecule has 1 atom stereocenters. The summed E-state index contributed by atoms with van der Waals surface area (Å²) in [5.74, 6) is 0.662. The molecule has 2 nitrogen and oxygen atoms in total. The third kappa shape index (κ3) is 5.04. The second-order valence-electron chi connectivity index (χ2n) is 5.67. The van der Waals surface area contributed by atoms with Gasteiger partial charge in [-0.1, -0.05) is 38.4 Å². The Morgan fingerprint density at radius 3 is 2.47 bits per heavy atom. The number of anilines is 1. The van der Waals surface area contributed by atoms with Crippen molar-refractivity contribution in [3.63, 3.8) is 0 Å². The summed E-state index contributed by atoms with van der Waals surface area (Å²) in [6.07, 6.45) is 1.13. The standard InChI is InChI=1S/C16H27ClN2/c1-6-13(4)19(5)15-8-7-14(16(17)9-15)11-18-10-12(2)3/h7-9,12-13,18H,6,10-11H2,1-5H3. The summed E-state index contributed by atoms with van der Waals surface area (Å²) < 4.78 is 0. The van der Waals surface area contributed by atoms with E-state index in [0.717, 1.165) is 24.5 Å². The van der Waals surface area contributed by atoms with E-state index in [1.165, 1.54) is 11.3 Å². The smallest absolute Gasteiger partial charge is 0.0471 e. The molecule has 0 amide bonds. The van der Waals surface area contributed by atoms with Gasteiger partial charge in [0, 0.05) is 30.3 Å². The molecule has 0 spiro atoms. The van der Waals surface area contributed by atoms with E-state index < -0.39 is 0 Å². The fourth-order valence-corrected chi connectivity index (χ4v) is 2.16. The molecule has 0 bridgehead atoms. The van der Waals surface area contributed by atoms with Crippen molar-refractivity contribution in [3.05, 3.63) is 28.8 Å². The minimum atomic E-state index is 0.529. The average molecular weight is 283 g/mol. The van der Waals surface area contributed by atoms with E-state index in [9.17, 15) is 0 Å². The maximum atomic E-state index is 6.37. The van der Waals surface area contributed by atoms with Crippen LogP contribution in [-0.2, 0) is 6.54 Å². The lowest BCUT2D eigenvalue weighted by Crippen LogP contribution is -2.28. The maximum Gasteiger partial charge on any atom is 0.0471 e. The lowest BCUT2D eigenvalue weighted by atomic mass is 10.1. The Morgan fingerprint density at radius 2 is 1.95 bits per heavy atom. The number of hydrogen-bond donors (Lipinski definition) is 1. The first-order valence-electron chi connectivity index (χ1n) is 7.17. The summed E-state index contributed by atoms with van der Waals surface area (Å²) in [6, 6.07) is 6.88. The number of rotatable bonds is 7. The molecule has 1 rings (SSSR count). The van der Waals surface area contributed by atoms with Gasteiger partial charge >= 0.3 is 0 Å². The summed E-state index contributed by atoms with van der Waals surface area (Å²) in [5.41, 5.74) is 2.36. The molecule has 1 unspecified atom stereocenters. The minimum Gasteiger partial charge on any atom is -0.372 e. The van der Waals surface area contributed by atoms with Gasteiger partial charge in [0.05, 0.1) is 0 Å². The molecule has 0 aliphatic rings. The molecule has 0 radical (unpaired) electrons. The number of benzene rings is 1. The molecule has 0 aromatic heterocycles. The number of halogens is 1. The molecule has 0 saturated heterocycles. The molecule has 0 aliphatic heterocycles. The van der Waals surface area contributed by atoms with Crippen molar-refractivity contribution in [2.24, 2.45) is 5.92 Å². The zero-order valence-corrected chi connectivity index (χ0v) is 13.6. The molecule has 108 valence electrons. The Balaban J connectivity index is 2.69. The van der Waals surface area contributed by atoms with Crippen molar-refractivity contribution >= 4 is 17.3 Å². The van der Waals surface area contributed by atoms with E-state index >= 15 is 0 Å². The monoisotopic (exact) mass is 282 g/mol. The van der Waals surface area contributed by atoms with Gasteiger partial charge in [0.1, 0.15) is 0 Å². The normalized spacial score (nSPS) is 12.8. The van der Waals surface area contributed by atoms with Gasteiger partial charge in [0.15, 0.2) is 0 Å². The molecule has 0 aliphatic carbocycles. The number of hydrogen-bond acceptors (Lipinski definition) is 2. The van der Waals surface area contributed by atoms with Crippen LogP contribution in [0.25, 0.3) is 0 Å². The van der Waals surface area contributed by atoms with Gasteiger partial charge in [0.2, 0.25) is 0 Å². The highest BCUT2D eigenvalue weighted by molar-refractivity contribution is 6.31. The Labute approximate surface area is 123 Å². The van der Waals surface area contributed by atoms with Crippen molar-refractivity contribution in [1.29, 1.82) is 0 Å². The molecule has 0 fully saturated rings. The Hall–Kier alpha value is -0.730. The molecule has 0 heterocycles. The zero-order chi connectivity index (χ0) is 14.4. The van der Waals surface area contributed by atoms with Crippen LogP contribution in [0.2, 0.25) is 5.02 Å². The highest BCUT2D eigenvalue weighted by atomic mass is 35.5. The Bertz CT molecular complexity index is 390. The fraction of sp³-hybridized carbons (Fsp3) is 0.625. The number of nitrogens with zero attached hydrogens (tertiary/aromatic N) is 1. The van der Waals surface area contributed by atoms with Crippen LogP contribution >= 0.6 is 11.6 Å². The van der Waals surface area contributed by atoms with Crippen molar-refractivity contribution in [2.75, 3.05) is 18.5 Å². The summed E-state index contributed by atoms with van der Waals surface area (Å²) >= 11 is 6.37. The quantitative estimate of drug-likeness (QED) is 0.801. The topological polar surface area (TPSA) is 15.3 Å². The van der Waals surface area contributed by atoms with Gasteiger partial charge in [-0.25, -0.2) is 0 Å². The largest absolute Gasteiger partial charge is 0.372 e. The first-order valence-corrected chi connectivity index (χ1v) is 7.55. The molecule has 3 heteroatoms. The lowest BCUT2D eigenvalue weighted by molar-refractivity contribution is 0.552. The van der Waals surface area contributed by atoms with Gasteiger partial charge in [-0.2, -0.15) is 0 Å². The minimum absolute atomic E-state index is 0.529. The number of nitrogens with one attached hydrogen (secondary N) is 1. The third-order valence-corrected chi connectivity index (χ3v) is 3.92. The lowest BCUT2D eigenvalue weighted by Gasteiger charge is -2.26.